The first kappa shape index (κ1) is 17.1. The Bertz CT molecular complexity index is 757. The van der Waals surface area contributed by atoms with Gasteiger partial charge in [0.1, 0.15) is 0 Å². The lowest BCUT2D eigenvalue weighted by Crippen LogP contribution is -2.47. The van der Waals surface area contributed by atoms with E-state index >= 15 is 0 Å². The van der Waals surface area contributed by atoms with Crippen LogP contribution in [0.5, 0.6) is 0 Å². The molecule has 7 nitrogen and oxygen atoms in total. The molecule has 2 aliphatic carbocycles. The average Bonchev–Trinajstić information content (AvgIpc) is 3.12. The third kappa shape index (κ3) is 3.60. The first-order valence-corrected chi connectivity index (χ1v) is 9.88. The molecule has 2 amide bonds. The van der Waals surface area contributed by atoms with E-state index in [0.717, 1.165) is 50.1 Å². The first-order chi connectivity index (χ1) is 12.7. The topological polar surface area (TPSA) is 88.1 Å². The van der Waals surface area contributed by atoms with Crippen LogP contribution in [0.15, 0.2) is 29.8 Å². The number of aromatic nitrogens is 3. The molecule has 1 N–H and O–H groups in total. The van der Waals surface area contributed by atoms with Crippen molar-refractivity contribution in [1.29, 1.82) is 0 Å². The number of carbonyl (C=O) groups is 2. The van der Waals surface area contributed by atoms with Crippen molar-refractivity contribution in [1.82, 2.24) is 24.8 Å². The van der Waals surface area contributed by atoms with Gasteiger partial charge in [0.05, 0.1) is 5.69 Å². The van der Waals surface area contributed by atoms with Crippen LogP contribution in [0.1, 0.15) is 60.7 Å². The summed E-state index contributed by atoms with van der Waals surface area (Å²) >= 11 is 1.13. The van der Waals surface area contributed by atoms with Crippen LogP contribution in [0.2, 0.25) is 0 Å². The van der Waals surface area contributed by atoms with E-state index < -0.39 is 6.04 Å². The van der Waals surface area contributed by atoms with Gasteiger partial charge in [-0.3, -0.25) is 14.6 Å². The molecule has 2 aromatic heterocycles. The second kappa shape index (κ2) is 7.49. The van der Waals surface area contributed by atoms with E-state index in [1.807, 2.05) is 12.1 Å². The fourth-order valence-electron chi connectivity index (χ4n) is 3.53. The molecule has 0 spiro atoms. The second-order valence-electron chi connectivity index (χ2n) is 6.88. The Balaban J connectivity index is 1.65. The number of hydrogen-bond donors (Lipinski definition) is 1. The van der Waals surface area contributed by atoms with Crippen molar-refractivity contribution in [2.24, 2.45) is 0 Å². The molecular weight excluding hydrogens is 350 g/mol. The van der Waals surface area contributed by atoms with Gasteiger partial charge in [-0.25, -0.2) is 0 Å². The minimum Gasteiger partial charge on any atom is -0.351 e. The Labute approximate surface area is 156 Å². The molecule has 0 radical (unpaired) electrons. The van der Waals surface area contributed by atoms with Crippen LogP contribution < -0.4 is 5.32 Å². The fourth-order valence-corrected chi connectivity index (χ4v) is 3.96. The largest absolute Gasteiger partial charge is 0.351 e. The van der Waals surface area contributed by atoms with Crippen molar-refractivity contribution in [2.45, 2.75) is 56.7 Å². The zero-order chi connectivity index (χ0) is 17.9. The van der Waals surface area contributed by atoms with Gasteiger partial charge in [-0.1, -0.05) is 23.4 Å². The highest BCUT2D eigenvalue weighted by atomic mass is 32.1. The van der Waals surface area contributed by atoms with Crippen LogP contribution in [0, 0.1) is 0 Å². The highest BCUT2D eigenvalue weighted by Gasteiger charge is 2.43. The normalized spacial score (nSPS) is 18.5. The van der Waals surface area contributed by atoms with Gasteiger partial charge >= 0.3 is 0 Å². The van der Waals surface area contributed by atoms with Crippen molar-refractivity contribution in [3.05, 3.63) is 41.2 Å². The molecule has 136 valence electrons. The van der Waals surface area contributed by atoms with Crippen molar-refractivity contribution in [2.75, 3.05) is 0 Å². The molecule has 0 aliphatic heterocycles. The van der Waals surface area contributed by atoms with Gasteiger partial charge in [-0.05, 0) is 49.3 Å². The van der Waals surface area contributed by atoms with Gasteiger partial charge < -0.3 is 10.2 Å². The number of carbonyl (C=O) groups excluding carboxylic acids is 2. The van der Waals surface area contributed by atoms with E-state index in [0.29, 0.717) is 5.69 Å². The summed E-state index contributed by atoms with van der Waals surface area (Å²) < 4.78 is 3.79. The van der Waals surface area contributed by atoms with Gasteiger partial charge in [-0.2, -0.15) is 0 Å². The first-order valence-electron chi connectivity index (χ1n) is 9.05. The lowest BCUT2D eigenvalue weighted by Gasteiger charge is -2.31. The molecule has 0 saturated heterocycles. The molecule has 8 heteroatoms. The van der Waals surface area contributed by atoms with E-state index in [9.17, 15) is 9.59 Å². The van der Waals surface area contributed by atoms with Crippen molar-refractivity contribution in [3.63, 3.8) is 0 Å². The van der Waals surface area contributed by atoms with Crippen LogP contribution in [0.3, 0.4) is 0 Å². The Kier molecular flexibility index (Phi) is 4.92. The zero-order valence-corrected chi connectivity index (χ0v) is 15.2. The summed E-state index contributed by atoms with van der Waals surface area (Å²) in [4.78, 5) is 32.3. The van der Waals surface area contributed by atoms with E-state index in [4.69, 9.17) is 0 Å². The summed E-state index contributed by atoms with van der Waals surface area (Å²) in [5.41, 5.74) is 0.878. The molecule has 2 saturated carbocycles. The van der Waals surface area contributed by atoms with Gasteiger partial charge in [0, 0.05) is 23.7 Å². The number of pyridine rings is 1. The Morgan fingerprint density at radius 3 is 2.62 bits per heavy atom. The molecule has 0 bridgehead atoms. The van der Waals surface area contributed by atoms with Gasteiger partial charge in [0.25, 0.3) is 5.91 Å². The number of hydrogen-bond acceptors (Lipinski definition) is 6. The third-order valence-corrected chi connectivity index (χ3v) is 5.45. The fraction of sp³-hybridized carbons (Fsp3) is 0.500. The third-order valence-electron chi connectivity index (χ3n) is 4.95. The monoisotopic (exact) mass is 371 g/mol. The minimum atomic E-state index is -0.738. The number of amides is 2. The highest BCUT2D eigenvalue weighted by Crippen LogP contribution is 2.35. The molecular formula is C18H21N5O2S. The molecule has 0 aromatic carbocycles. The summed E-state index contributed by atoms with van der Waals surface area (Å²) in [6, 6.07) is 4.96. The maximum Gasteiger partial charge on any atom is 0.276 e. The standard InChI is InChI=1S/C18H21N5O2S/c24-17(20-12-5-1-2-6-12)16(14-7-3-4-10-19-14)23(13-8-9-13)18(25)15-11-26-22-21-15/h3-4,7,10-13,16H,1-2,5-6,8-9H2,(H,20,24)/t16-/m0/s1. The van der Waals surface area contributed by atoms with Crippen LogP contribution in [0.4, 0.5) is 0 Å². The van der Waals surface area contributed by atoms with Crippen molar-refractivity contribution in [3.8, 4) is 0 Å². The van der Waals surface area contributed by atoms with Crippen LogP contribution >= 0.6 is 11.5 Å². The van der Waals surface area contributed by atoms with Crippen LogP contribution in [-0.2, 0) is 4.79 Å². The summed E-state index contributed by atoms with van der Waals surface area (Å²) in [6.07, 6.45) is 7.70. The minimum absolute atomic E-state index is 0.0468. The quantitative estimate of drug-likeness (QED) is 0.842. The van der Waals surface area contributed by atoms with Gasteiger partial charge in [-0.15, -0.1) is 5.10 Å². The molecule has 26 heavy (non-hydrogen) atoms. The van der Waals surface area contributed by atoms with Gasteiger partial charge in [0.15, 0.2) is 11.7 Å². The molecule has 4 rings (SSSR count). The number of rotatable bonds is 6. The lowest BCUT2D eigenvalue weighted by atomic mass is 10.1. The summed E-state index contributed by atoms with van der Waals surface area (Å²) in [6.45, 7) is 0. The number of nitrogens with one attached hydrogen (secondary N) is 1. The Morgan fingerprint density at radius 2 is 2.00 bits per heavy atom. The van der Waals surface area contributed by atoms with Crippen molar-refractivity contribution >= 4 is 23.3 Å². The zero-order valence-electron chi connectivity index (χ0n) is 14.4. The summed E-state index contributed by atoms with van der Waals surface area (Å²) in [5.74, 6) is -0.405. The molecule has 2 aliphatic rings. The number of nitrogens with zero attached hydrogens (tertiary/aromatic N) is 4. The lowest BCUT2D eigenvalue weighted by molar-refractivity contribution is -0.127. The maximum atomic E-state index is 13.2. The maximum absolute atomic E-state index is 13.2. The van der Waals surface area contributed by atoms with Crippen LogP contribution in [0.25, 0.3) is 0 Å². The van der Waals surface area contributed by atoms with E-state index in [1.165, 1.54) is 0 Å². The average molecular weight is 371 g/mol. The SMILES string of the molecule is O=C(NC1CCCC1)[C@H](c1ccccn1)N(C(=O)c1csnn1)C1CC1. The Morgan fingerprint density at radius 1 is 1.19 bits per heavy atom. The molecule has 2 heterocycles. The van der Waals surface area contributed by atoms with E-state index in [2.05, 4.69) is 19.9 Å². The highest BCUT2D eigenvalue weighted by molar-refractivity contribution is 7.03. The summed E-state index contributed by atoms with van der Waals surface area (Å²) in [7, 11) is 0. The second-order valence-corrected chi connectivity index (χ2v) is 7.49. The van der Waals surface area contributed by atoms with E-state index in [-0.39, 0.29) is 29.6 Å². The predicted octanol–water partition coefficient (Wildman–Crippen LogP) is 2.34. The Hall–Kier alpha value is -2.35. The van der Waals surface area contributed by atoms with E-state index in [1.54, 1.807) is 22.5 Å². The van der Waals surface area contributed by atoms with Gasteiger partial charge in [0.2, 0.25) is 5.91 Å². The van der Waals surface area contributed by atoms with Crippen LogP contribution in [-0.4, -0.2) is 43.4 Å². The predicted molar refractivity (Wildman–Crippen MR) is 96.5 cm³/mol. The molecule has 0 unspecified atom stereocenters. The van der Waals surface area contributed by atoms with Crippen molar-refractivity contribution < 1.29 is 9.59 Å². The molecule has 1 atom stereocenters. The molecule has 2 aromatic rings. The molecule has 2 fully saturated rings. The smallest absolute Gasteiger partial charge is 0.276 e. The summed E-state index contributed by atoms with van der Waals surface area (Å²) in [5, 5.41) is 8.67.